The first kappa shape index (κ1) is 17.3. The lowest BCUT2D eigenvalue weighted by molar-refractivity contribution is 0.578. The largest absolute Gasteiger partial charge is 0.370 e. The third kappa shape index (κ3) is 4.32. The number of thiocarbonyl (C=S) groups is 1. The van der Waals surface area contributed by atoms with E-state index in [1.807, 2.05) is 18.2 Å². The van der Waals surface area contributed by atoms with Crippen LogP contribution in [0.15, 0.2) is 42.5 Å². The van der Waals surface area contributed by atoms with Crippen LogP contribution in [0.1, 0.15) is 19.3 Å². The van der Waals surface area contributed by atoms with E-state index < -0.39 is 0 Å². The van der Waals surface area contributed by atoms with Gasteiger partial charge in [-0.15, -0.1) is 0 Å². The summed E-state index contributed by atoms with van der Waals surface area (Å²) < 4.78 is 0. The fourth-order valence-corrected chi connectivity index (χ4v) is 3.53. The Morgan fingerprint density at radius 1 is 0.917 bits per heavy atom. The van der Waals surface area contributed by atoms with Gasteiger partial charge in [0, 0.05) is 18.1 Å². The van der Waals surface area contributed by atoms with Gasteiger partial charge in [-0.25, -0.2) is 0 Å². The number of para-hydroxylation sites is 2. The molecule has 2 aromatic carbocycles. The molecule has 1 fully saturated rings. The van der Waals surface area contributed by atoms with Gasteiger partial charge in [-0.05, 0) is 61.8 Å². The van der Waals surface area contributed by atoms with Crippen LogP contribution in [0.25, 0.3) is 0 Å². The molecule has 0 aliphatic carbocycles. The summed E-state index contributed by atoms with van der Waals surface area (Å²) in [7, 11) is 0. The van der Waals surface area contributed by atoms with E-state index in [9.17, 15) is 0 Å². The summed E-state index contributed by atoms with van der Waals surface area (Å²) >= 11 is 17.6. The van der Waals surface area contributed by atoms with Crippen molar-refractivity contribution in [1.82, 2.24) is 0 Å². The number of anilines is 3. The van der Waals surface area contributed by atoms with E-state index in [0.29, 0.717) is 15.2 Å². The minimum Gasteiger partial charge on any atom is -0.370 e. The van der Waals surface area contributed by atoms with Crippen LogP contribution in [-0.2, 0) is 0 Å². The van der Waals surface area contributed by atoms with E-state index in [4.69, 9.17) is 35.4 Å². The van der Waals surface area contributed by atoms with Gasteiger partial charge in [-0.2, -0.15) is 0 Å². The molecule has 2 aromatic rings. The van der Waals surface area contributed by atoms with Crippen molar-refractivity contribution in [2.75, 3.05) is 28.6 Å². The van der Waals surface area contributed by atoms with Gasteiger partial charge in [-0.3, -0.25) is 0 Å². The van der Waals surface area contributed by atoms with Gasteiger partial charge in [0.25, 0.3) is 0 Å². The highest BCUT2D eigenvalue weighted by Crippen LogP contribution is 2.29. The molecule has 24 heavy (non-hydrogen) atoms. The highest BCUT2D eigenvalue weighted by atomic mass is 35.5. The molecule has 126 valence electrons. The van der Waals surface area contributed by atoms with Crippen LogP contribution in [0.3, 0.4) is 0 Å². The zero-order chi connectivity index (χ0) is 16.9. The molecule has 0 atom stereocenters. The average Bonchev–Trinajstić information content (AvgIpc) is 2.59. The van der Waals surface area contributed by atoms with E-state index in [2.05, 4.69) is 27.7 Å². The number of piperidine rings is 1. The SMILES string of the molecule is S=C(Nc1ccc(Cl)cc1Cl)Nc1ccccc1N1CCCCC1. The molecule has 3 nitrogen and oxygen atoms in total. The summed E-state index contributed by atoms with van der Waals surface area (Å²) in [5.41, 5.74) is 2.92. The maximum atomic E-state index is 6.19. The van der Waals surface area contributed by atoms with Gasteiger partial charge in [0.05, 0.1) is 22.1 Å². The Labute approximate surface area is 157 Å². The minimum atomic E-state index is 0.503. The van der Waals surface area contributed by atoms with Gasteiger partial charge in [0.15, 0.2) is 5.11 Å². The van der Waals surface area contributed by atoms with E-state index in [1.165, 1.54) is 24.9 Å². The maximum absolute atomic E-state index is 6.19. The molecular formula is C18H19Cl2N3S. The first-order chi connectivity index (χ1) is 11.6. The molecule has 0 radical (unpaired) electrons. The molecule has 0 bridgehead atoms. The molecule has 3 rings (SSSR count). The number of hydrogen-bond acceptors (Lipinski definition) is 2. The predicted molar refractivity (Wildman–Crippen MR) is 109 cm³/mol. The van der Waals surface area contributed by atoms with Crippen LogP contribution in [0.2, 0.25) is 10.0 Å². The van der Waals surface area contributed by atoms with Gasteiger partial charge in [0.2, 0.25) is 0 Å². The van der Waals surface area contributed by atoms with Crippen molar-refractivity contribution in [3.05, 3.63) is 52.5 Å². The topological polar surface area (TPSA) is 27.3 Å². The standard InChI is InChI=1S/C18H19Cl2N3S/c19-13-8-9-15(14(20)12-13)21-18(24)22-16-6-2-3-7-17(16)23-10-4-1-5-11-23/h2-3,6-9,12H,1,4-5,10-11H2,(H2,21,22,24). The molecule has 6 heteroatoms. The Bertz CT molecular complexity index is 730. The van der Waals surface area contributed by atoms with Gasteiger partial charge >= 0.3 is 0 Å². The van der Waals surface area contributed by atoms with Crippen molar-refractivity contribution in [3.8, 4) is 0 Å². The van der Waals surface area contributed by atoms with Crippen LogP contribution in [0.5, 0.6) is 0 Å². The van der Waals surface area contributed by atoms with Crippen molar-refractivity contribution in [3.63, 3.8) is 0 Å². The normalized spacial score (nSPS) is 14.3. The summed E-state index contributed by atoms with van der Waals surface area (Å²) in [4.78, 5) is 2.41. The summed E-state index contributed by atoms with van der Waals surface area (Å²) in [5.74, 6) is 0. The molecule has 0 unspecified atom stereocenters. The molecule has 2 N–H and O–H groups in total. The Kier molecular flexibility index (Phi) is 5.82. The highest BCUT2D eigenvalue weighted by Gasteiger charge is 2.14. The van der Waals surface area contributed by atoms with Gasteiger partial charge in [-0.1, -0.05) is 35.3 Å². The van der Waals surface area contributed by atoms with Crippen molar-refractivity contribution >= 4 is 57.6 Å². The molecule has 1 aliphatic heterocycles. The zero-order valence-corrected chi connectivity index (χ0v) is 15.5. The van der Waals surface area contributed by atoms with Crippen LogP contribution in [0, 0.1) is 0 Å². The molecule has 0 saturated carbocycles. The minimum absolute atomic E-state index is 0.503. The molecule has 0 amide bonds. The number of nitrogens with one attached hydrogen (secondary N) is 2. The lowest BCUT2D eigenvalue weighted by Gasteiger charge is -2.30. The molecule has 1 heterocycles. The third-order valence-electron chi connectivity index (χ3n) is 4.03. The summed E-state index contributed by atoms with van der Waals surface area (Å²) in [6.45, 7) is 2.17. The number of rotatable bonds is 3. The first-order valence-electron chi connectivity index (χ1n) is 8.00. The average molecular weight is 380 g/mol. The molecule has 0 aromatic heterocycles. The van der Waals surface area contributed by atoms with E-state index in [-0.39, 0.29) is 0 Å². The second-order valence-electron chi connectivity index (χ2n) is 5.77. The van der Waals surface area contributed by atoms with Crippen LogP contribution < -0.4 is 15.5 Å². The number of nitrogens with zero attached hydrogens (tertiary/aromatic N) is 1. The quantitative estimate of drug-likeness (QED) is 0.659. The monoisotopic (exact) mass is 379 g/mol. The fourth-order valence-electron chi connectivity index (χ4n) is 2.86. The van der Waals surface area contributed by atoms with Crippen molar-refractivity contribution in [2.45, 2.75) is 19.3 Å². The smallest absolute Gasteiger partial charge is 0.175 e. The Hall–Kier alpha value is -1.49. The van der Waals surface area contributed by atoms with Crippen molar-refractivity contribution < 1.29 is 0 Å². The van der Waals surface area contributed by atoms with E-state index in [0.717, 1.165) is 24.5 Å². The summed E-state index contributed by atoms with van der Waals surface area (Å²) in [6, 6.07) is 13.5. The Balaban J connectivity index is 1.72. The number of benzene rings is 2. The number of halogens is 2. The van der Waals surface area contributed by atoms with Crippen molar-refractivity contribution in [2.24, 2.45) is 0 Å². The van der Waals surface area contributed by atoms with Crippen LogP contribution >= 0.6 is 35.4 Å². The lowest BCUT2D eigenvalue weighted by atomic mass is 10.1. The highest BCUT2D eigenvalue weighted by molar-refractivity contribution is 7.80. The fraction of sp³-hybridized carbons (Fsp3) is 0.278. The van der Waals surface area contributed by atoms with Crippen molar-refractivity contribution in [1.29, 1.82) is 0 Å². The van der Waals surface area contributed by atoms with Crippen LogP contribution in [-0.4, -0.2) is 18.2 Å². The molecule has 1 saturated heterocycles. The van der Waals surface area contributed by atoms with Crippen LogP contribution in [0.4, 0.5) is 17.1 Å². The first-order valence-corrected chi connectivity index (χ1v) is 9.17. The van der Waals surface area contributed by atoms with Gasteiger partial charge < -0.3 is 15.5 Å². The number of hydrogen-bond donors (Lipinski definition) is 2. The second-order valence-corrected chi connectivity index (χ2v) is 7.02. The van der Waals surface area contributed by atoms with Gasteiger partial charge in [0.1, 0.15) is 0 Å². The molecular weight excluding hydrogens is 361 g/mol. The zero-order valence-electron chi connectivity index (χ0n) is 13.2. The summed E-state index contributed by atoms with van der Waals surface area (Å²) in [5, 5.41) is 8.05. The Morgan fingerprint density at radius 2 is 1.62 bits per heavy atom. The van der Waals surface area contributed by atoms with E-state index >= 15 is 0 Å². The third-order valence-corrected chi connectivity index (χ3v) is 4.78. The molecule has 1 aliphatic rings. The maximum Gasteiger partial charge on any atom is 0.175 e. The second kappa shape index (κ2) is 8.06. The summed E-state index contributed by atoms with van der Waals surface area (Å²) in [6.07, 6.45) is 3.77. The van der Waals surface area contributed by atoms with E-state index in [1.54, 1.807) is 12.1 Å². The lowest BCUT2D eigenvalue weighted by Crippen LogP contribution is -2.30. The Morgan fingerprint density at radius 3 is 2.38 bits per heavy atom. The molecule has 0 spiro atoms. The predicted octanol–water partition coefficient (Wildman–Crippen LogP) is 5.79.